The van der Waals surface area contributed by atoms with Crippen molar-refractivity contribution in [3.63, 3.8) is 0 Å². The summed E-state index contributed by atoms with van der Waals surface area (Å²) < 4.78 is 1.71. The first-order chi connectivity index (χ1) is 14.5. The lowest BCUT2D eigenvalue weighted by atomic mass is 10.1. The molecule has 150 valence electrons. The number of carbonyl (C=O) groups is 1. The molecule has 2 aromatic carbocycles. The minimum Gasteiger partial charge on any atom is -0.366 e. The molecule has 4 N–H and O–H groups in total. The number of rotatable bonds is 6. The van der Waals surface area contributed by atoms with Crippen LogP contribution in [0.2, 0.25) is 0 Å². The van der Waals surface area contributed by atoms with E-state index in [1.54, 1.807) is 35.4 Å². The number of carbonyl (C=O) groups excluding carboxylic acids is 1. The predicted octanol–water partition coefficient (Wildman–Crippen LogP) is 3.26. The van der Waals surface area contributed by atoms with Crippen molar-refractivity contribution in [2.24, 2.45) is 5.73 Å². The van der Waals surface area contributed by atoms with E-state index in [-0.39, 0.29) is 0 Å². The van der Waals surface area contributed by atoms with E-state index in [4.69, 9.17) is 5.73 Å². The van der Waals surface area contributed by atoms with Crippen LogP contribution in [0.4, 0.5) is 23.1 Å². The quantitative estimate of drug-likeness (QED) is 0.454. The maximum absolute atomic E-state index is 11.7. The van der Waals surface area contributed by atoms with Gasteiger partial charge in [-0.25, -0.2) is 14.6 Å². The van der Waals surface area contributed by atoms with E-state index >= 15 is 0 Å². The van der Waals surface area contributed by atoms with Gasteiger partial charge >= 0.3 is 0 Å². The van der Waals surface area contributed by atoms with Crippen LogP contribution in [0.25, 0.3) is 5.69 Å². The van der Waals surface area contributed by atoms with Crippen LogP contribution >= 0.6 is 0 Å². The van der Waals surface area contributed by atoms with Crippen LogP contribution in [0.1, 0.15) is 21.7 Å². The molecule has 0 radical (unpaired) electrons. The number of hydrogen-bond acceptors (Lipinski definition) is 7. The summed E-state index contributed by atoms with van der Waals surface area (Å²) in [5.41, 5.74) is 8.99. The van der Waals surface area contributed by atoms with Gasteiger partial charge in [0, 0.05) is 17.4 Å². The lowest BCUT2D eigenvalue weighted by Gasteiger charge is -2.13. The molecular weight excluding hydrogens is 380 g/mol. The summed E-state index contributed by atoms with van der Waals surface area (Å²) in [4.78, 5) is 24.7. The Labute approximate surface area is 173 Å². The van der Waals surface area contributed by atoms with Gasteiger partial charge in [0.05, 0.1) is 16.9 Å². The molecule has 9 heteroatoms. The molecule has 2 heterocycles. The first-order valence-electron chi connectivity index (χ1n) is 9.25. The summed E-state index contributed by atoms with van der Waals surface area (Å²) in [6.07, 6.45) is 3.37. The molecule has 0 bridgehead atoms. The van der Waals surface area contributed by atoms with Crippen molar-refractivity contribution >= 4 is 29.0 Å². The van der Waals surface area contributed by atoms with Crippen LogP contribution in [0.15, 0.2) is 61.1 Å². The zero-order valence-corrected chi connectivity index (χ0v) is 16.5. The minimum atomic E-state index is -0.508. The van der Waals surface area contributed by atoms with Crippen molar-refractivity contribution in [3.05, 3.63) is 78.0 Å². The van der Waals surface area contributed by atoms with Crippen molar-refractivity contribution in [3.8, 4) is 5.69 Å². The maximum atomic E-state index is 11.7. The highest BCUT2D eigenvalue weighted by atomic mass is 16.1. The highest BCUT2D eigenvalue weighted by molar-refractivity contribution is 5.99. The zero-order valence-electron chi connectivity index (χ0n) is 16.5. The van der Waals surface area contributed by atoms with Gasteiger partial charge in [-0.2, -0.15) is 10.1 Å². The van der Waals surface area contributed by atoms with Crippen LogP contribution in [0.5, 0.6) is 0 Å². The lowest BCUT2D eigenvalue weighted by molar-refractivity contribution is 0.100. The topological polar surface area (TPSA) is 124 Å². The van der Waals surface area contributed by atoms with Crippen LogP contribution in [-0.2, 0) is 0 Å². The molecule has 0 aliphatic carbocycles. The van der Waals surface area contributed by atoms with E-state index < -0.39 is 5.91 Å². The van der Waals surface area contributed by atoms with Gasteiger partial charge in [0.2, 0.25) is 5.95 Å². The molecule has 2 aromatic heterocycles. The fourth-order valence-electron chi connectivity index (χ4n) is 2.86. The van der Waals surface area contributed by atoms with Gasteiger partial charge in [0.15, 0.2) is 0 Å². The monoisotopic (exact) mass is 400 g/mol. The van der Waals surface area contributed by atoms with E-state index in [0.29, 0.717) is 28.8 Å². The maximum Gasteiger partial charge on any atom is 0.250 e. The molecule has 0 saturated heterocycles. The average molecular weight is 400 g/mol. The number of benzene rings is 2. The van der Waals surface area contributed by atoms with E-state index in [1.807, 2.05) is 44.2 Å². The van der Waals surface area contributed by atoms with E-state index in [2.05, 4.69) is 30.7 Å². The van der Waals surface area contributed by atoms with Crippen LogP contribution in [-0.4, -0.2) is 30.6 Å². The summed E-state index contributed by atoms with van der Waals surface area (Å²) in [7, 11) is 0. The van der Waals surface area contributed by atoms with Gasteiger partial charge in [-0.15, -0.1) is 0 Å². The fraction of sp³-hybridized carbons (Fsp3) is 0.0952. The van der Waals surface area contributed by atoms with Gasteiger partial charge in [-0.3, -0.25) is 4.79 Å². The third-order valence-electron chi connectivity index (χ3n) is 4.41. The fourth-order valence-corrected chi connectivity index (χ4v) is 2.86. The molecular formula is C21H20N8O. The zero-order chi connectivity index (χ0) is 21.1. The molecule has 0 spiro atoms. The first kappa shape index (κ1) is 19.1. The summed E-state index contributed by atoms with van der Waals surface area (Å²) in [5, 5.41) is 10.6. The minimum absolute atomic E-state index is 0.393. The number of para-hydroxylation sites is 1. The number of nitrogens with one attached hydrogen (secondary N) is 2. The Kier molecular flexibility index (Phi) is 5.08. The summed E-state index contributed by atoms with van der Waals surface area (Å²) >= 11 is 0. The number of anilines is 4. The van der Waals surface area contributed by atoms with Gasteiger partial charge < -0.3 is 16.4 Å². The Hall–Kier alpha value is -4.27. The molecule has 1 amide bonds. The number of amides is 1. The number of nitrogens with two attached hydrogens (primary N) is 1. The second-order valence-electron chi connectivity index (χ2n) is 6.67. The van der Waals surface area contributed by atoms with Crippen LogP contribution in [0, 0.1) is 13.8 Å². The Bertz CT molecular complexity index is 1200. The van der Waals surface area contributed by atoms with E-state index in [0.717, 1.165) is 16.9 Å². The molecule has 0 fully saturated rings. The Morgan fingerprint density at radius 3 is 2.47 bits per heavy atom. The highest BCUT2D eigenvalue weighted by Crippen LogP contribution is 2.23. The van der Waals surface area contributed by atoms with Crippen molar-refractivity contribution in [1.29, 1.82) is 0 Å². The highest BCUT2D eigenvalue weighted by Gasteiger charge is 2.11. The van der Waals surface area contributed by atoms with E-state index in [1.165, 1.54) is 0 Å². The molecule has 0 aliphatic heterocycles. The van der Waals surface area contributed by atoms with Gasteiger partial charge in [0.1, 0.15) is 18.0 Å². The van der Waals surface area contributed by atoms with Crippen molar-refractivity contribution in [2.45, 2.75) is 13.8 Å². The number of primary amides is 1. The van der Waals surface area contributed by atoms with Crippen LogP contribution in [0.3, 0.4) is 0 Å². The third kappa shape index (κ3) is 4.09. The summed E-state index contributed by atoms with van der Waals surface area (Å²) in [5.74, 6) is 1.20. The second-order valence-corrected chi connectivity index (χ2v) is 6.67. The third-order valence-corrected chi connectivity index (χ3v) is 4.41. The van der Waals surface area contributed by atoms with Crippen LogP contribution < -0.4 is 16.4 Å². The Balaban J connectivity index is 1.54. The molecule has 4 aromatic rings. The number of nitrogens with zero attached hydrogens (tertiary/aromatic N) is 5. The Morgan fingerprint density at radius 1 is 1.00 bits per heavy atom. The van der Waals surface area contributed by atoms with Gasteiger partial charge in [0.25, 0.3) is 5.91 Å². The molecule has 9 nitrogen and oxygen atoms in total. The Morgan fingerprint density at radius 2 is 1.77 bits per heavy atom. The molecule has 0 saturated carbocycles. The standard InChI is InChI=1S/C21H20N8O/c1-13-11-23-21(27-20(13)26-18-6-4-3-5-17(18)19(22)30)25-15-7-9-16(10-8-15)29-12-24-14(2)28-29/h3-12H,1-2H3,(H2,22,30)(H2,23,25,26,27). The summed E-state index contributed by atoms with van der Waals surface area (Å²) in [6.45, 7) is 3.72. The second kappa shape index (κ2) is 8.00. The lowest BCUT2D eigenvalue weighted by Crippen LogP contribution is -2.13. The normalized spacial score (nSPS) is 10.6. The molecule has 0 aliphatic rings. The summed E-state index contributed by atoms with van der Waals surface area (Å²) in [6, 6.07) is 14.7. The number of hydrogen-bond donors (Lipinski definition) is 3. The first-order valence-corrected chi connectivity index (χ1v) is 9.25. The van der Waals surface area contributed by atoms with Crippen molar-refractivity contribution in [2.75, 3.05) is 10.6 Å². The SMILES string of the molecule is Cc1ncn(-c2ccc(Nc3ncc(C)c(Nc4ccccc4C(N)=O)n3)cc2)n1. The van der Waals surface area contributed by atoms with Crippen molar-refractivity contribution < 1.29 is 4.79 Å². The molecule has 0 atom stereocenters. The molecule has 4 rings (SSSR count). The predicted molar refractivity (Wildman–Crippen MR) is 114 cm³/mol. The number of aromatic nitrogens is 5. The average Bonchev–Trinajstić information content (AvgIpc) is 3.17. The van der Waals surface area contributed by atoms with Crippen molar-refractivity contribution in [1.82, 2.24) is 24.7 Å². The smallest absolute Gasteiger partial charge is 0.250 e. The van der Waals surface area contributed by atoms with E-state index in [9.17, 15) is 4.79 Å². The number of aryl methyl sites for hydroxylation is 2. The largest absolute Gasteiger partial charge is 0.366 e. The van der Waals surface area contributed by atoms with Gasteiger partial charge in [-0.1, -0.05) is 12.1 Å². The molecule has 0 unspecified atom stereocenters. The van der Waals surface area contributed by atoms with Gasteiger partial charge in [-0.05, 0) is 50.2 Å². The molecule has 30 heavy (non-hydrogen) atoms.